The Morgan fingerprint density at radius 1 is 1.40 bits per heavy atom. The zero-order valence-electron chi connectivity index (χ0n) is 8.14. The number of rotatable bonds is 1. The van der Waals surface area contributed by atoms with E-state index in [1.54, 1.807) is 7.05 Å². The van der Waals surface area contributed by atoms with E-state index in [0.717, 1.165) is 10.0 Å². The number of halogens is 1. The molecule has 0 spiro atoms. The van der Waals surface area contributed by atoms with Crippen molar-refractivity contribution >= 4 is 26.1 Å². The van der Waals surface area contributed by atoms with Crippen LogP contribution >= 0.6 is 15.9 Å². The molecule has 2 rings (SSSR count). The average Bonchev–Trinajstić information content (AvgIpc) is 2.42. The Labute approximate surface area is 97.6 Å². The van der Waals surface area contributed by atoms with Gasteiger partial charge in [-0.05, 0) is 17.7 Å². The van der Waals surface area contributed by atoms with Gasteiger partial charge in [0.1, 0.15) is 0 Å². The van der Waals surface area contributed by atoms with Gasteiger partial charge in [-0.2, -0.15) is 17.4 Å². The maximum Gasteiger partial charge on any atom is 0.279 e. The Morgan fingerprint density at radius 2 is 2.00 bits per heavy atom. The molecule has 1 aliphatic heterocycles. The van der Waals surface area contributed by atoms with E-state index in [4.69, 9.17) is 0 Å². The third-order valence-electron chi connectivity index (χ3n) is 2.41. The van der Waals surface area contributed by atoms with Crippen molar-refractivity contribution in [2.75, 3.05) is 13.6 Å². The predicted octanol–water partition coefficient (Wildman–Crippen LogP) is 1.27. The van der Waals surface area contributed by atoms with E-state index < -0.39 is 10.2 Å². The average molecular weight is 291 g/mol. The summed E-state index contributed by atoms with van der Waals surface area (Å²) in [6.07, 6.45) is 0. The van der Waals surface area contributed by atoms with Gasteiger partial charge in [0, 0.05) is 18.1 Å². The number of nitrogens with zero attached hydrogens (tertiary/aromatic N) is 1. The summed E-state index contributed by atoms with van der Waals surface area (Å²) >= 11 is 3.34. The molecule has 0 radical (unpaired) electrons. The lowest BCUT2D eigenvalue weighted by molar-refractivity contribution is 0.494. The Bertz CT molecular complexity index is 458. The maximum absolute atomic E-state index is 11.4. The van der Waals surface area contributed by atoms with E-state index in [0.29, 0.717) is 6.54 Å². The molecule has 1 atom stereocenters. The number of benzene rings is 1. The molecule has 1 fully saturated rings. The predicted molar refractivity (Wildman–Crippen MR) is 61.6 cm³/mol. The first-order valence-corrected chi connectivity index (χ1v) is 6.71. The van der Waals surface area contributed by atoms with Gasteiger partial charge in [0.05, 0.1) is 6.04 Å². The number of hydrogen-bond acceptors (Lipinski definition) is 2. The standard InChI is InChI=1S/C9H11BrN2O2S/c1-12-6-9(11-15(12,13)14)7-2-4-8(10)5-3-7/h2-5,9,11H,6H2,1H3/t9-/m1/s1. The summed E-state index contributed by atoms with van der Waals surface area (Å²) in [5.74, 6) is 0. The van der Waals surface area contributed by atoms with E-state index in [2.05, 4.69) is 20.7 Å². The molecular weight excluding hydrogens is 280 g/mol. The van der Waals surface area contributed by atoms with E-state index in [-0.39, 0.29) is 6.04 Å². The quantitative estimate of drug-likeness (QED) is 0.847. The summed E-state index contributed by atoms with van der Waals surface area (Å²) < 4.78 is 27.7. The van der Waals surface area contributed by atoms with Crippen molar-refractivity contribution in [3.05, 3.63) is 34.3 Å². The van der Waals surface area contributed by atoms with E-state index >= 15 is 0 Å². The Kier molecular flexibility index (Phi) is 2.85. The second-order valence-electron chi connectivity index (χ2n) is 3.51. The Morgan fingerprint density at radius 3 is 2.47 bits per heavy atom. The van der Waals surface area contributed by atoms with Gasteiger partial charge in [0.2, 0.25) is 0 Å². The van der Waals surface area contributed by atoms with Crippen molar-refractivity contribution in [3.63, 3.8) is 0 Å². The third kappa shape index (κ3) is 2.23. The fraction of sp³-hybridized carbons (Fsp3) is 0.333. The largest absolute Gasteiger partial charge is 0.279 e. The van der Waals surface area contributed by atoms with Crippen LogP contribution in [0.3, 0.4) is 0 Å². The van der Waals surface area contributed by atoms with Gasteiger partial charge < -0.3 is 0 Å². The van der Waals surface area contributed by atoms with E-state index in [1.807, 2.05) is 24.3 Å². The van der Waals surface area contributed by atoms with Crippen LogP contribution in [0.15, 0.2) is 28.7 Å². The first-order valence-electron chi connectivity index (χ1n) is 4.48. The summed E-state index contributed by atoms with van der Waals surface area (Å²) in [5.41, 5.74) is 0.978. The molecule has 1 heterocycles. The molecule has 1 N–H and O–H groups in total. The van der Waals surface area contributed by atoms with Gasteiger partial charge in [-0.25, -0.2) is 0 Å². The number of nitrogens with one attached hydrogen (secondary N) is 1. The highest BCUT2D eigenvalue weighted by molar-refractivity contribution is 9.10. The molecule has 15 heavy (non-hydrogen) atoms. The molecular formula is C9H11BrN2O2S. The highest BCUT2D eigenvalue weighted by Crippen LogP contribution is 2.23. The van der Waals surface area contributed by atoms with Crippen LogP contribution in [-0.4, -0.2) is 26.3 Å². The molecule has 0 saturated carbocycles. The number of likely N-dealkylation sites (N-methyl/N-ethyl adjacent to an activating group) is 1. The van der Waals surface area contributed by atoms with Crippen LogP contribution in [0.4, 0.5) is 0 Å². The fourth-order valence-electron chi connectivity index (χ4n) is 1.53. The van der Waals surface area contributed by atoms with Crippen molar-refractivity contribution in [1.82, 2.24) is 9.03 Å². The summed E-state index contributed by atoms with van der Waals surface area (Å²) in [5, 5.41) is 0. The molecule has 4 nitrogen and oxygen atoms in total. The summed E-state index contributed by atoms with van der Waals surface area (Å²) in [6, 6.07) is 7.49. The normalized spacial score (nSPS) is 25.6. The highest BCUT2D eigenvalue weighted by Gasteiger charge is 2.32. The molecule has 0 unspecified atom stereocenters. The summed E-state index contributed by atoms with van der Waals surface area (Å²) in [4.78, 5) is 0. The van der Waals surface area contributed by atoms with E-state index in [1.165, 1.54) is 4.31 Å². The van der Waals surface area contributed by atoms with Crippen LogP contribution in [0.2, 0.25) is 0 Å². The SMILES string of the molecule is CN1C[C@H](c2ccc(Br)cc2)NS1(=O)=O. The molecule has 1 saturated heterocycles. The molecule has 1 aromatic carbocycles. The van der Waals surface area contributed by atoms with Crippen LogP contribution in [0, 0.1) is 0 Å². The first-order chi connectivity index (χ1) is 6.99. The topological polar surface area (TPSA) is 49.4 Å². The van der Waals surface area contributed by atoms with Crippen LogP contribution in [0.25, 0.3) is 0 Å². The molecule has 1 aromatic rings. The molecule has 6 heteroatoms. The van der Waals surface area contributed by atoms with Crippen molar-refractivity contribution < 1.29 is 8.42 Å². The van der Waals surface area contributed by atoms with Crippen molar-refractivity contribution in [2.45, 2.75) is 6.04 Å². The molecule has 82 valence electrons. The monoisotopic (exact) mass is 290 g/mol. The van der Waals surface area contributed by atoms with Crippen LogP contribution < -0.4 is 4.72 Å². The van der Waals surface area contributed by atoms with Gasteiger partial charge in [-0.15, -0.1) is 0 Å². The number of hydrogen-bond donors (Lipinski definition) is 1. The zero-order chi connectivity index (χ0) is 11.1. The smallest absolute Gasteiger partial charge is 0.195 e. The lowest BCUT2D eigenvalue weighted by Gasteiger charge is -2.07. The lowest BCUT2D eigenvalue weighted by atomic mass is 10.1. The van der Waals surface area contributed by atoms with Gasteiger partial charge in [0.15, 0.2) is 0 Å². The zero-order valence-corrected chi connectivity index (χ0v) is 10.5. The molecule has 0 aliphatic carbocycles. The van der Waals surface area contributed by atoms with Gasteiger partial charge >= 0.3 is 0 Å². The van der Waals surface area contributed by atoms with Gasteiger partial charge in [0.25, 0.3) is 10.2 Å². The third-order valence-corrected chi connectivity index (χ3v) is 4.49. The summed E-state index contributed by atoms with van der Waals surface area (Å²) in [7, 11) is -1.69. The molecule has 0 amide bonds. The summed E-state index contributed by atoms with van der Waals surface area (Å²) in [6.45, 7) is 0.476. The molecule has 0 aromatic heterocycles. The second kappa shape index (κ2) is 3.86. The van der Waals surface area contributed by atoms with Crippen LogP contribution in [-0.2, 0) is 10.2 Å². The second-order valence-corrected chi connectivity index (χ2v) is 6.23. The minimum absolute atomic E-state index is 0.145. The minimum Gasteiger partial charge on any atom is -0.195 e. The maximum atomic E-state index is 11.4. The molecule has 1 aliphatic rings. The Hall–Kier alpha value is -0.430. The Balaban J connectivity index is 2.25. The van der Waals surface area contributed by atoms with Crippen molar-refractivity contribution in [2.24, 2.45) is 0 Å². The minimum atomic E-state index is -3.26. The van der Waals surface area contributed by atoms with Crippen LogP contribution in [0.5, 0.6) is 0 Å². The lowest BCUT2D eigenvalue weighted by Crippen LogP contribution is -2.25. The van der Waals surface area contributed by atoms with Gasteiger partial charge in [-0.1, -0.05) is 28.1 Å². The van der Waals surface area contributed by atoms with E-state index in [9.17, 15) is 8.42 Å². The first kappa shape index (κ1) is 11.1. The molecule has 0 bridgehead atoms. The van der Waals surface area contributed by atoms with Crippen molar-refractivity contribution in [3.8, 4) is 0 Å². The highest BCUT2D eigenvalue weighted by atomic mass is 79.9. The van der Waals surface area contributed by atoms with Crippen molar-refractivity contribution in [1.29, 1.82) is 0 Å². The van der Waals surface area contributed by atoms with Crippen LogP contribution in [0.1, 0.15) is 11.6 Å². The van der Waals surface area contributed by atoms with Gasteiger partial charge in [-0.3, -0.25) is 0 Å². The fourth-order valence-corrected chi connectivity index (χ4v) is 2.89.